The maximum absolute atomic E-state index is 6.09. The van der Waals surface area contributed by atoms with Crippen molar-refractivity contribution in [3.8, 4) is 5.75 Å². The molecule has 0 saturated carbocycles. The molecule has 2 N–H and O–H groups in total. The lowest BCUT2D eigenvalue weighted by atomic mass is 9.90. The number of hydrogen-bond acceptors (Lipinski definition) is 3. The Kier molecular flexibility index (Phi) is 6.00. The van der Waals surface area contributed by atoms with E-state index in [0.717, 1.165) is 37.0 Å². The van der Waals surface area contributed by atoms with E-state index in [0.29, 0.717) is 0 Å². The molecule has 0 aromatic heterocycles. The first-order chi connectivity index (χ1) is 10.6. The van der Waals surface area contributed by atoms with Crippen molar-refractivity contribution < 1.29 is 4.74 Å². The molecule has 1 aromatic carbocycles. The Labute approximate surface area is 138 Å². The van der Waals surface area contributed by atoms with Gasteiger partial charge >= 0.3 is 0 Å². The van der Waals surface area contributed by atoms with Gasteiger partial charge in [0.2, 0.25) is 0 Å². The van der Waals surface area contributed by atoms with Gasteiger partial charge in [0.1, 0.15) is 11.4 Å². The van der Waals surface area contributed by atoms with Crippen LogP contribution in [0.2, 0.25) is 0 Å². The van der Waals surface area contributed by atoms with E-state index in [1.54, 1.807) is 0 Å². The molecule has 4 nitrogen and oxygen atoms in total. The van der Waals surface area contributed by atoms with Gasteiger partial charge in [0.25, 0.3) is 0 Å². The molecule has 1 heterocycles. The highest BCUT2D eigenvalue weighted by molar-refractivity contribution is 7.98. The lowest BCUT2D eigenvalue weighted by Gasteiger charge is -2.38. The van der Waals surface area contributed by atoms with Crippen LogP contribution in [0.4, 0.5) is 0 Å². The van der Waals surface area contributed by atoms with E-state index < -0.39 is 0 Å². The summed E-state index contributed by atoms with van der Waals surface area (Å²) in [7, 11) is 0. The quantitative estimate of drug-likeness (QED) is 0.497. The largest absolute Gasteiger partial charge is 0.487 e. The SMILES string of the molecule is CCNC(=NCCSC)NC1CC(C)(C)Oc2ccccc21. The van der Waals surface area contributed by atoms with Gasteiger partial charge in [0.05, 0.1) is 12.6 Å². The summed E-state index contributed by atoms with van der Waals surface area (Å²) in [6, 6.07) is 8.48. The fourth-order valence-corrected chi connectivity index (χ4v) is 2.94. The molecule has 1 unspecified atom stereocenters. The van der Waals surface area contributed by atoms with Crippen molar-refractivity contribution in [1.29, 1.82) is 0 Å². The molecule has 0 spiro atoms. The molecular weight excluding hydrogens is 294 g/mol. The summed E-state index contributed by atoms with van der Waals surface area (Å²) in [6.45, 7) is 8.04. The van der Waals surface area contributed by atoms with Crippen LogP contribution in [0.1, 0.15) is 38.8 Å². The van der Waals surface area contributed by atoms with Crippen molar-refractivity contribution in [2.45, 2.75) is 38.8 Å². The number of para-hydroxylation sites is 1. The van der Waals surface area contributed by atoms with E-state index in [9.17, 15) is 0 Å². The van der Waals surface area contributed by atoms with Crippen molar-refractivity contribution in [2.75, 3.05) is 25.1 Å². The molecule has 22 heavy (non-hydrogen) atoms. The maximum Gasteiger partial charge on any atom is 0.191 e. The molecule has 122 valence electrons. The molecule has 2 rings (SSSR count). The molecule has 1 aliphatic heterocycles. The third-order valence-corrected chi connectivity index (χ3v) is 4.19. The van der Waals surface area contributed by atoms with Crippen LogP contribution in [0.15, 0.2) is 29.3 Å². The second kappa shape index (κ2) is 7.77. The van der Waals surface area contributed by atoms with Crippen molar-refractivity contribution >= 4 is 17.7 Å². The number of ether oxygens (including phenoxy) is 1. The number of benzene rings is 1. The van der Waals surface area contributed by atoms with Crippen LogP contribution in [-0.4, -0.2) is 36.7 Å². The van der Waals surface area contributed by atoms with Crippen molar-refractivity contribution in [3.05, 3.63) is 29.8 Å². The lowest BCUT2D eigenvalue weighted by Crippen LogP contribution is -2.45. The minimum absolute atomic E-state index is 0.178. The minimum Gasteiger partial charge on any atom is -0.487 e. The summed E-state index contributed by atoms with van der Waals surface area (Å²) in [6.07, 6.45) is 3.02. The van der Waals surface area contributed by atoms with Gasteiger partial charge in [-0.15, -0.1) is 0 Å². The number of thioether (sulfide) groups is 1. The summed E-state index contributed by atoms with van der Waals surface area (Å²) in [4.78, 5) is 4.65. The first kappa shape index (κ1) is 17.0. The third-order valence-electron chi connectivity index (χ3n) is 3.60. The molecule has 1 aromatic rings. The zero-order chi connectivity index (χ0) is 16.0. The van der Waals surface area contributed by atoms with Gasteiger partial charge in [-0.3, -0.25) is 4.99 Å². The average Bonchev–Trinajstić information content (AvgIpc) is 2.46. The number of nitrogens with zero attached hydrogens (tertiary/aromatic N) is 1. The fourth-order valence-electron chi connectivity index (χ4n) is 2.66. The van der Waals surface area contributed by atoms with E-state index in [-0.39, 0.29) is 11.6 Å². The average molecular weight is 321 g/mol. The van der Waals surface area contributed by atoms with Gasteiger partial charge in [-0.1, -0.05) is 18.2 Å². The van der Waals surface area contributed by atoms with Gasteiger partial charge in [0.15, 0.2) is 5.96 Å². The predicted molar refractivity (Wildman–Crippen MR) is 96.0 cm³/mol. The number of guanidine groups is 1. The first-order valence-corrected chi connectivity index (χ1v) is 9.27. The highest BCUT2D eigenvalue weighted by Gasteiger charge is 2.33. The Bertz CT molecular complexity index is 516. The standard InChI is InChI=1S/C17H27N3OS/c1-5-18-16(19-10-11-22-4)20-14-12-17(2,3)21-15-9-7-6-8-13(14)15/h6-9,14H,5,10-12H2,1-4H3,(H2,18,19,20). The maximum atomic E-state index is 6.09. The van der Waals surface area contributed by atoms with Gasteiger partial charge in [-0.2, -0.15) is 11.8 Å². The van der Waals surface area contributed by atoms with E-state index in [1.165, 1.54) is 5.56 Å². The van der Waals surface area contributed by atoms with Crippen LogP contribution in [0.5, 0.6) is 5.75 Å². The Morgan fingerprint density at radius 1 is 1.41 bits per heavy atom. The molecule has 0 fully saturated rings. The highest BCUT2D eigenvalue weighted by Crippen LogP contribution is 2.39. The van der Waals surface area contributed by atoms with E-state index >= 15 is 0 Å². The van der Waals surface area contributed by atoms with Gasteiger partial charge in [0, 0.05) is 24.3 Å². The smallest absolute Gasteiger partial charge is 0.191 e. The van der Waals surface area contributed by atoms with Crippen molar-refractivity contribution in [1.82, 2.24) is 10.6 Å². The summed E-state index contributed by atoms with van der Waals surface area (Å²) < 4.78 is 6.09. The second-order valence-corrected chi connectivity index (χ2v) is 7.04. The van der Waals surface area contributed by atoms with Crippen LogP contribution in [0, 0.1) is 0 Å². The Balaban J connectivity index is 2.17. The van der Waals surface area contributed by atoms with E-state index in [1.807, 2.05) is 23.9 Å². The normalized spacial score (nSPS) is 20.0. The fraction of sp³-hybridized carbons (Fsp3) is 0.588. The molecule has 1 aliphatic rings. The summed E-state index contributed by atoms with van der Waals surface area (Å²) in [5.74, 6) is 2.89. The monoisotopic (exact) mass is 321 g/mol. The molecule has 0 saturated heterocycles. The topological polar surface area (TPSA) is 45.7 Å². The molecule has 0 bridgehead atoms. The predicted octanol–water partition coefficient (Wildman–Crippen LogP) is 3.21. The van der Waals surface area contributed by atoms with Gasteiger partial charge in [-0.25, -0.2) is 0 Å². The summed E-state index contributed by atoms with van der Waals surface area (Å²) >= 11 is 1.81. The van der Waals surface area contributed by atoms with Crippen LogP contribution in [0.25, 0.3) is 0 Å². The highest BCUT2D eigenvalue weighted by atomic mass is 32.2. The molecule has 5 heteroatoms. The van der Waals surface area contributed by atoms with Crippen LogP contribution < -0.4 is 15.4 Å². The first-order valence-electron chi connectivity index (χ1n) is 7.87. The van der Waals surface area contributed by atoms with Gasteiger partial charge < -0.3 is 15.4 Å². The lowest BCUT2D eigenvalue weighted by molar-refractivity contribution is 0.0694. The summed E-state index contributed by atoms with van der Waals surface area (Å²) in [5, 5.41) is 6.91. The number of fused-ring (bicyclic) bond motifs is 1. The van der Waals surface area contributed by atoms with Crippen LogP contribution in [0.3, 0.4) is 0 Å². The third kappa shape index (κ3) is 4.57. The number of rotatable bonds is 5. The zero-order valence-electron chi connectivity index (χ0n) is 14.0. The number of nitrogens with one attached hydrogen (secondary N) is 2. The van der Waals surface area contributed by atoms with E-state index in [4.69, 9.17) is 4.74 Å². The Morgan fingerprint density at radius 3 is 2.91 bits per heavy atom. The molecule has 0 amide bonds. The molecule has 1 atom stereocenters. The van der Waals surface area contributed by atoms with Crippen LogP contribution >= 0.6 is 11.8 Å². The van der Waals surface area contributed by atoms with Crippen molar-refractivity contribution in [3.63, 3.8) is 0 Å². The molecule has 0 radical (unpaired) electrons. The van der Waals surface area contributed by atoms with Crippen LogP contribution in [-0.2, 0) is 0 Å². The minimum atomic E-state index is -0.178. The molecule has 0 aliphatic carbocycles. The number of aliphatic imine (C=N–C) groups is 1. The zero-order valence-corrected chi connectivity index (χ0v) is 14.8. The summed E-state index contributed by atoms with van der Waals surface area (Å²) in [5.41, 5.74) is 1.03. The Morgan fingerprint density at radius 2 is 2.18 bits per heavy atom. The van der Waals surface area contributed by atoms with Crippen molar-refractivity contribution in [2.24, 2.45) is 4.99 Å². The Hall–Kier alpha value is -1.36. The van der Waals surface area contributed by atoms with E-state index in [2.05, 4.69) is 54.8 Å². The van der Waals surface area contributed by atoms with Gasteiger partial charge in [-0.05, 0) is 33.1 Å². The molecular formula is C17H27N3OS. The number of hydrogen-bond donors (Lipinski definition) is 2. The second-order valence-electron chi connectivity index (χ2n) is 6.05.